The van der Waals surface area contributed by atoms with E-state index in [1.54, 1.807) is 4.90 Å². The van der Waals surface area contributed by atoms with Crippen molar-refractivity contribution in [1.82, 2.24) is 4.90 Å². The molecule has 0 heterocycles. The number of nitrogens with two attached hydrogens (primary N) is 1. The fourth-order valence-corrected chi connectivity index (χ4v) is 1.78. The lowest BCUT2D eigenvalue weighted by molar-refractivity contribution is -0.129. The first-order valence-electron chi connectivity index (χ1n) is 5.82. The van der Waals surface area contributed by atoms with Gasteiger partial charge >= 0.3 is 0 Å². The quantitative estimate of drug-likeness (QED) is 0.868. The second-order valence-corrected chi connectivity index (χ2v) is 5.00. The summed E-state index contributed by atoms with van der Waals surface area (Å²) in [6.07, 6.45) is 2.20. The molecule has 0 saturated heterocycles. The lowest BCUT2D eigenvalue weighted by atomic mass is 10.1. The number of halogens is 2. The highest BCUT2D eigenvalue weighted by molar-refractivity contribution is 9.10. The van der Waals surface area contributed by atoms with Gasteiger partial charge in [0.1, 0.15) is 0 Å². The van der Waals surface area contributed by atoms with Gasteiger partial charge in [-0.3, -0.25) is 4.79 Å². The monoisotopic (exact) mass is 334 g/mol. The van der Waals surface area contributed by atoms with E-state index in [0.717, 1.165) is 23.9 Å². The Hall–Kier alpha value is -0.580. The summed E-state index contributed by atoms with van der Waals surface area (Å²) in [5.41, 5.74) is 6.62. The molecule has 0 bridgehead atoms. The summed E-state index contributed by atoms with van der Waals surface area (Å²) < 4.78 is 1.08. The van der Waals surface area contributed by atoms with Crippen molar-refractivity contribution < 1.29 is 4.79 Å². The van der Waals surface area contributed by atoms with Crippen LogP contribution in [0.1, 0.15) is 18.4 Å². The molecule has 0 aliphatic rings. The molecule has 0 radical (unpaired) electrons. The SMILES string of the molecule is CN(CCc1ccc(Br)cc1)C(=O)CCCN.Cl. The molecule has 1 aromatic rings. The first-order chi connectivity index (χ1) is 8.13. The predicted octanol–water partition coefficient (Wildman–Crippen LogP) is 2.61. The van der Waals surface area contributed by atoms with Crippen LogP contribution in [0.5, 0.6) is 0 Å². The van der Waals surface area contributed by atoms with E-state index in [1.807, 2.05) is 19.2 Å². The van der Waals surface area contributed by atoms with Crippen molar-refractivity contribution in [2.75, 3.05) is 20.1 Å². The Morgan fingerprint density at radius 2 is 1.94 bits per heavy atom. The molecule has 102 valence electrons. The lowest BCUT2D eigenvalue weighted by Gasteiger charge is -2.17. The van der Waals surface area contributed by atoms with Crippen LogP contribution in [0.15, 0.2) is 28.7 Å². The van der Waals surface area contributed by atoms with Crippen LogP contribution in [-0.4, -0.2) is 30.9 Å². The average Bonchev–Trinajstić information content (AvgIpc) is 2.34. The molecule has 0 atom stereocenters. The number of benzene rings is 1. The topological polar surface area (TPSA) is 46.3 Å². The van der Waals surface area contributed by atoms with Crippen molar-refractivity contribution >= 4 is 34.2 Å². The van der Waals surface area contributed by atoms with E-state index in [0.29, 0.717) is 13.0 Å². The normalized spacial score (nSPS) is 9.72. The minimum absolute atomic E-state index is 0. The van der Waals surface area contributed by atoms with E-state index >= 15 is 0 Å². The number of hydrogen-bond acceptors (Lipinski definition) is 2. The minimum Gasteiger partial charge on any atom is -0.345 e. The highest BCUT2D eigenvalue weighted by atomic mass is 79.9. The van der Waals surface area contributed by atoms with Gasteiger partial charge in [-0.1, -0.05) is 28.1 Å². The molecular formula is C13H20BrClN2O. The zero-order valence-corrected chi connectivity index (χ0v) is 13.0. The van der Waals surface area contributed by atoms with Crippen LogP contribution >= 0.6 is 28.3 Å². The standard InChI is InChI=1S/C13H19BrN2O.ClH/c1-16(13(17)3-2-9-15)10-8-11-4-6-12(14)7-5-11;/h4-7H,2-3,8-10,15H2,1H3;1H. The van der Waals surface area contributed by atoms with Gasteiger partial charge in [-0.05, 0) is 37.1 Å². The smallest absolute Gasteiger partial charge is 0.222 e. The van der Waals surface area contributed by atoms with Crippen LogP contribution in [0.3, 0.4) is 0 Å². The molecule has 0 aliphatic carbocycles. The van der Waals surface area contributed by atoms with Crippen LogP contribution in [-0.2, 0) is 11.2 Å². The highest BCUT2D eigenvalue weighted by Crippen LogP contribution is 2.11. The molecule has 18 heavy (non-hydrogen) atoms. The maximum Gasteiger partial charge on any atom is 0.222 e. The molecule has 0 aliphatic heterocycles. The van der Waals surface area contributed by atoms with Gasteiger partial charge in [0.25, 0.3) is 0 Å². The fourth-order valence-electron chi connectivity index (χ4n) is 1.52. The Balaban J connectivity index is 0.00000289. The van der Waals surface area contributed by atoms with E-state index in [4.69, 9.17) is 5.73 Å². The van der Waals surface area contributed by atoms with Gasteiger partial charge in [-0.25, -0.2) is 0 Å². The van der Waals surface area contributed by atoms with Crippen LogP contribution in [0, 0.1) is 0 Å². The summed E-state index contributed by atoms with van der Waals surface area (Å²) in [6.45, 7) is 1.33. The molecule has 0 fully saturated rings. The number of amides is 1. The third-order valence-electron chi connectivity index (χ3n) is 2.67. The Kier molecular flexibility index (Phi) is 9.06. The number of likely N-dealkylation sites (N-methyl/N-ethyl adjacent to an activating group) is 1. The molecule has 0 unspecified atom stereocenters. The Morgan fingerprint density at radius 1 is 1.33 bits per heavy atom. The predicted molar refractivity (Wildman–Crippen MR) is 81.0 cm³/mol. The van der Waals surface area contributed by atoms with Crippen LogP contribution in [0.2, 0.25) is 0 Å². The molecule has 1 aromatic carbocycles. The highest BCUT2D eigenvalue weighted by Gasteiger charge is 2.07. The van der Waals surface area contributed by atoms with Crippen molar-refractivity contribution in [2.45, 2.75) is 19.3 Å². The lowest BCUT2D eigenvalue weighted by Crippen LogP contribution is -2.29. The van der Waals surface area contributed by atoms with Gasteiger partial charge in [0.15, 0.2) is 0 Å². The van der Waals surface area contributed by atoms with Crippen molar-refractivity contribution in [1.29, 1.82) is 0 Å². The Morgan fingerprint density at radius 3 is 2.50 bits per heavy atom. The maximum absolute atomic E-state index is 11.6. The zero-order valence-electron chi connectivity index (χ0n) is 10.6. The summed E-state index contributed by atoms with van der Waals surface area (Å²) >= 11 is 3.40. The zero-order chi connectivity index (χ0) is 12.7. The molecule has 0 aromatic heterocycles. The van der Waals surface area contributed by atoms with E-state index in [2.05, 4.69) is 28.1 Å². The van der Waals surface area contributed by atoms with Gasteiger partial charge in [0.2, 0.25) is 5.91 Å². The summed E-state index contributed by atoms with van der Waals surface area (Å²) in [7, 11) is 1.84. The summed E-state index contributed by atoms with van der Waals surface area (Å²) in [5.74, 6) is 0.174. The Bertz CT molecular complexity index is 357. The number of carbonyl (C=O) groups is 1. The molecule has 0 saturated carbocycles. The van der Waals surface area contributed by atoms with Gasteiger partial charge in [-0.15, -0.1) is 12.4 Å². The first-order valence-corrected chi connectivity index (χ1v) is 6.61. The van der Waals surface area contributed by atoms with Crippen LogP contribution in [0.25, 0.3) is 0 Å². The summed E-state index contributed by atoms with van der Waals surface area (Å²) in [5, 5.41) is 0. The third-order valence-corrected chi connectivity index (χ3v) is 3.20. The second kappa shape index (κ2) is 9.36. The van der Waals surface area contributed by atoms with Crippen molar-refractivity contribution in [3.63, 3.8) is 0 Å². The van der Waals surface area contributed by atoms with Gasteiger partial charge in [0, 0.05) is 24.5 Å². The molecule has 1 amide bonds. The van der Waals surface area contributed by atoms with Gasteiger partial charge in [0.05, 0.1) is 0 Å². The van der Waals surface area contributed by atoms with Gasteiger partial charge < -0.3 is 10.6 Å². The van der Waals surface area contributed by atoms with E-state index in [-0.39, 0.29) is 18.3 Å². The number of carbonyl (C=O) groups excluding carboxylic acids is 1. The van der Waals surface area contributed by atoms with Crippen LogP contribution < -0.4 is 5.73 Å². The van der Waals surface area contributed by atoms with Crippen molar-refractivity contribution in [3.8, 4) is 0 Å². The molecular weight excluding hydrogens is 316 g/mol. The number of rotatable bonds is 6. The van der Waals surface area contributed by atoms with Gasteiger partial charge in [-0.2, -0.15) is 0 Å². The summed E-state index contributed by atoms with van der Waals surface area (Å²) in [4.78, 5) is 13.4. The average molecular weight is 336 g/mol. The van der Waals surface area contributed by atoms with Crippen molar-refractivity contribution in [3.05, 3.63) is 34.3 Å². The number of nitrogens with zero attached hydrogens (tertiary/aromatic N) is 1. The first kappa shape index (κ1) is 17.4. The molecule has 0 spiro atoms. The number of hydrogen-bond donors (Lipinski definition) is 1. The van der Waals surface area contributed by atoms with Crippen molar-refractivity contribution in [2.24, 2.45) is 5.73 Å². The molecule has 2 N–H and O–H groups in total. The fraction of sp³-hybridized carbons (Fsp3) is 0.462. The third kappa shape index (κ3) is 6.38. The largest absolute Gasteiger partial charge is 0.345 e. The molecule has 3 nitrogen and oxygen atoms in total. The Labute approximate surface area is 123 Å². The molecule has 1 rings (SSSR count). The second-order valence-electron chi connectivity index (χ2n) is 4.08. The summed E-state index contributed by atoms with van der Waals surface area (Å²) in [6, 6.07) is 8.18. The maximum atomic E-state index is 11.6. The minimum atomic E-state index is 0. The van der Waals surface area contributed by atoms with E-state index < -0.39 is 0 Å². The molecule has 5 heteroatoms. The van der Waals surface area contributed by atoms with E-state index in [1.165, 1.54) is 5.56 Å². The van der Waals surface area contributed by atoms with E-state index in [9.17, 15) is 4.79 Å². The van der Waals surface area contributed by atoms with Crippen LogP contribution in [0.4, 0.5) is 0 Å².